The zero-order valence-corrected chi connectivity index (χ0v) is 56.7. The number of hydrogen-bond donors (Lipinski definition) is 8. The summed E-state index contributed by atoms with van der Waals surface area (Å²) in [4.78, 5) is 156. The molecule has 26 nitrogen and oxygen atoms in total. The first kappa shape index (κ1) is 77.5. The first-order valence-corrected chi connectivity index (χ1v) is 32.9. The minimum atomic E-state index is -1.32. The number of ether oxygens (including phenoxy) is 3. The van der Waals surface area contributed by atoms with Crippen molar-refractivity contribution in [1.82, 2.24) is 56.9 Å². The second-order valence-corrected chi connectivity index (χ2v) is 26.0. The summed E-state index contributed by atoms with van der Waals surface area (Å²) in [7, 11) is 6.66. The van der Waals surface area contributed by atoms with Gasteiger partial charge in [0.05, 0.1) is 36.5 Å². The number of likely N-dealkylation sites (tertiary alicyclic amines) is 1. The van der Waals surface area contributed by atoms with Gasteiger partial charge >= 0.3 is 12.1 Å². The summed E-state index contributed by atoms with van der Waals surface area (Å²) in [6.07, 6.45) is 1.26. The Morgan fingerprint density at radius 1 is 0.833 bits per heavy atom. The van der Waals surface area contributed by atoms with E-state index in [1.807, 2.05) is 58.9 Å². The van der Waals surface area contributed by atoms with Crippen molar-refractivity contribution in [1.29, 1.82) is 0 Å². The van der Waals surface area contributed by atoms with Crippen molar-refractivity contribution in [2.45, 2.75) is 180 Å². The largest absolute Gasteiger partial charge is 0.481 e. The summed E-state index contributed by atoms with van der Waals surface area (Å²) in [5.74, 6) is -6.81. The molecule has 1 saturated heterocycles. The molecule has 8 N–H and O–H groups in total. The molecule has 6 unspecified atom stereocenters. The number of aryl methyl sites for hydroxylation is 1. The van der Waals surface area contributed by atoms with E-state index in [2.05, 4.69) is 42.2 Å². The maximum Gasteiger partial charge on any atom is 0.408 e. The Labute approximate surface area is 538 Å². The van der Waals surface area contributed by atoms with Crippen molar-refractivity contribution in [2.75, 3.05) is 74.0 Å². The number of unbranched alkanes of at least 4 members (excludes halogenated alkanes) is 1. The van der Waals surface area contributed by atoms with Gasteiger partial charge < -0.3 is 61.4 Å². The van der Waals surface area contributed by atoms with Crippen LogP contribution in [0.3, 0.4) is 0 Å². The molecule has 1 aromatic heterocycles. The number of carbonyl (C=O) groups excluding carboxylic acids is 10. The van der Waals surface area contributed by atoms with Crippen LogP contribution in [-0.2, 0) is 63.8 Å². The number of imide groups is 1. The van der Waals surface area contributed by atoms with Crippen molar-refractivity contribution in [3.8, 4) is 0 Å². The summed E-state index contributed by atoms with van der Waals surface area (Å²) in [6, 6.07) is 1.80. The molecule has 10 amide bonds. The Kier molecular flexibility index (Phi) is 32.9. The first-order chi connectivity index (χ1) is 42.4. The van der Waals surface area contributed by atoms with Crippen LogP contribution < -0.4 is 37.2 Å². The highest BCUT2D eigenvalue weighted by atomic mass is 32.2. The normalized spacial score (nSPS) is 16.4. The number of benzene rings is 1. The Morgan fingerprint density at radius 3 is 2.09 bits per heavy atom. The van der Waals surface area contributed by atoms with Crippen LogP contribution in [0.15, 0.2) is 29.6 Å². The number of rotatable bonds is 40. The molecule has 90 heavy (non-hydrogen) atoms. The van der Waals surface area contributed by atoms with E-state index in [0.717, 1.165) is 27.4 Å². The summed E-state index contributed by atoms with van der Waals surface area (Å²) in [6.45, 7) is 18.4. The van der Waals surface area contributed by atoms with Gasteiger partial charge in [-0.3, -0.25) is 57.7 Å². The summed E-state index contributed by atoms with van der Waals surface area (Å²) >= 11 is 2.30. The lowest BCUT2D eigenvalue weighted by molar-refractivity contribution is -0.142. The van der Waals surface area contributed by atoms with Crippen molar-refractivity contribution in [3.63, 3.8) is 0 Å². The van der Waals surface area contributed by atoms with Crippen LogP contribution in [-0.4, -0.2) is 211 Å². The molecule has 28 heteroatoms. The number of methoxy groups -OCH3 is 1. The maximum absolute atomic E-state index is 14.7. The third-order valence-corrected chi connectivity index (χ3v) is 18.0. The number of thiazole rings is 1. The monoisotopic (exact) mass is 1300 g/mol. The van der Waals surface area contributed by atoms with E-state index in [1.165, 1.54) is 43.0 Å². The maximum atomic E-state index is 14.7. The van der Waals surface area contributed by atoms with Crippen LogP contribution in [0.25, 0.3) is 0 Å². The summed E-state index contributed by atoms with van der Waals surface area (Å²) in [5, 5.41) is 30.2. The molecule has 504 valence electrons. The van der Waals surface area contributed by atoms with E-state index in [9.17, 15) is 57.8 Å². The zero-order valence-electron chi connectivity index (χ0n) is 55.1. The molecule has 1 aliphatic heterocycles. The Bertz CT molecular complexity index is 2730. The van der Waals surface area contributed by atoms with Crippen molar-refractivity contribution in [2.24, 2.45) is 17.8 Å². The standard InChI is InChI=1S/C62H99N11O15S2/c1-16-38(5)51(70-60(84)62(9,10)71(11)12)58(81)72(13)46(36(2)3)33-47(56-69-45(35-90-56)55(79)67-43(31-39(6)59(82)83)32-42-22-20-37(4)21-23-42)88-61(85)66-41(8)52(76)65-40(7)53(77)68-44(54(78)64-26-28-87-30-29-86-14)19-17-18-25-63-49(74)24-27-73-50(75)34-48(89-15)57(73)80/h20-23,35-36,38-41,43-44,46-48,51H,16-19,24-34H2,1-15H3,(H,63,74)(H,64,78)(H,65,76)(H,66,85)(H,67,79)(H,68,77)(H,70,84)(H,82,83)/t38?,39?,40?,41?,43-,44?,46-,47-,48?,51+/m1/s1. The minimum Gasteiger partial charge on any atom is -0.481 e. The van der Waals surface area contributed by atoms with Crippen LogP contribution in [0.1, 0.15) is 146 Å². The van der Waals surface area contributed by atoms with Gasteiger partial charge in [-0.05, 0) is 104 Å². The van der Waals surface area contributed by atoms with Crippen LogP contribution in [0, 0.1) is 24.7 Å². The van der Waals surface area contributed by atoms with Crippen LogP contribution in [0.2, 0.25) is 0 Å². The number of carbonyl (C=O) groups is 11. The number of carboxylic acids is 1. The average Bonchev–Trinajstić information content (AvgIpc) is 1.53. The SMILES string of the molecule is CCC(C)[C@H](NC(=O)C(C)(C)N(C)C)C(=O)N(C)[C@H](C[C@@H](OC(=O)NC(C)C(=O)NC(C)C(=O)NC(CCCCNC(=O)CCN1C(=O)CC(SC)C1=O)C(=O)NCCOCCOC)c1nc(C(=O)N[C@@H](Cc2ccc(C)cc2)CC(C)C(=O)O)cs1)C(C)C. The predicted octanol–water partition coefficient (Wildman–Crippen LogP) is 3.74. The molecule has 0 bridgehead atoms. The van der Waals surface area contributed by atoms with Gasteiger partial charge in [0.2, 0.25) is 47.3 Å². The van der Waals surface area contributed by atoms with Gasteiger partial charge in [-0.25, -0.2) is 9.78 Å². The van der Waals surface area contributed by atoms with Crippen molar-refractivity contribution >= 4 is 88.3 Å². The first-order valence-electron chi connectivity index (χ1n) is 30.7. The number of hydrogen-bond acceptors (Lipinski definition) is 18. The van der Waals surface area contributed by atoms with Gasteiger partial charge in [-0.15, -0.1) is 11.3 Å². The quantitative estimate of drug-likeness (QED) is 0.0348. The van der Waals surface area contributed by atoms with Gasteiger partial charge in [0.15, 0.2) is 6.10 Å². The number of alkyl carbamates (subject to hydrolysis) is 1. The fourth-order valence-corrected chi connectivity index (χ4v) is 11.0. The second-order valence-electron chi connectivity index (χ2n) is 24.0. The molecule has 0 spiro atoms. The molecule has 0 radical (unpaired) electrons. The minimum absolute atomic E-state index is 0.0333. The number of likely N-dealkylation sites (N-methyl/N-ethyl adjacent to an activating group) is 2. The molecule has 0 saturated carbocycles. The van der Waals surface area contributed by atoms with Gasteiger partial charge in [0.25, 0.3) is 5.91 Å². The molecular weight excluding hydrogens is 1200 g/mol. The number of aliphatic carboxylic acids is 1. The molecular formula is C62H99N11O15S2. The van der Waals surface area contributed by atoms with E-state index < -0.39 is 101 Å². The lowest BCUT2D eigenvalue weighted by atomic mass is 9.92. The van der Waals surface area contributed by atoms with E-state index in [4.69, 9.17) is 14.2 Å². The average molecular weight is 1300 g/mol. The number of thioether (sulfide) groups is 1. The third kappa shape index (κ3) is 24.8. The fraction of sp³-hybridized carbons (Fsp3) is 0.677. The summed E-state index contributed by atoms with van der Waals surface area (Å²) in [5.41, 5.74) is 0.899. The van der Waals surface area contributed by atoms with Crippen LogP contribution >= 0.6 is 23.1 Å². The Morgan fingerprint density at radius 2 is 1.49 bits per heavy atom. The predicted molar refractivity (Wildman–Crippen MR) is 342 cm³/mol. The van der Waals surface area contributed by atoms with E-state index in [-0.39, 0.29) is 105 Å². The number of aromatic nitrogens is 1. The number of nitrogens with zero attached hydrogens (tertiary/aromatic N) is 4. The van der Waals surface area contributed by atoms with Crippen LogP contribution in [0.5, 0.6) is 0 Å². The van der Waals surface area contributed by atoms with Gasteiger partial charge in [-0.1, -0.05) is 70.9 Å². The fourth-order valence-electron chi connectivity index (χ4n) is 9.48. The smallest absolute Gasteiger partial charge is 0.408 e. The third-order valence-electron chi connectivity index (χ3n) is 16.2. The molecule has 2 heterocycles. The van der Waals surface area contributed by atoms with Crippen molar-refractivity contribution < 1.29 is 72.1 Å². The Hall–Kier alpha value is -6.75. The lowest BCUT2D eigenvalue weighted by Gasteiger charge is -2.38. The highest BCUT2D eigenvalue weighted by molar-refractivity contribution is 8.00. The highest BCUT2D eigenvalue weighted by Crippen LogP contribution is 2.32. The molecule has 3 rings (SSSR count). The highest BCUT2D eigenvalue weighted by Gasteiger charge is 2.40. The van der Waals surface area contributed by atoms with Crippen molar-refractivity contribution in [3.05, 3.63) is 51.5 Å². The molecule has 10 atom stereocenters. The van der Waals surface area contributed by atoms with E-state index in [1.54, 1.807) is 53.1 Å². The number of amides is 10. The summed E-state index contributed by atoms with van der Waals surface area (Å²) < 4.78 is 16.5. The van der Waals surface area contributed by atoms with Crippen LogP contribution in [0.4, 0.5) is 4.79 Å². The molecule has 0 aliphatic carbocycles. The van der Waals surface area contributed by atoms with Gasteiger partial charge in [0, 0.05) is 70.5 Å². The molecule has 1 fully saturated rings. The van der Waals surface area contributed by atoms with Gasteiger partial charge in [-0.2, -0.15) is 11.8 Å². The number of nitrogens with one attached hydrogen (secondary N) is 7. The second kappa shape index (κ2) is 38.2. The number of carboxylic acid groups (broad SMARTS) is 1. The Balaban J connectivity index is 1.84. The van der Waals surface area contributed by atoms with E-state index in [0.29, 0.717) is 38.9 Å². The van der Waals surface area contributed by atoms with Gasteiger partial charge in [0.1, 0.15) is 34.9 Å². The molecule has 1 aromatic carbocycles. The zero-order chi connectivity index (χ0) is 67.6. The lowest BCUT2D eigenvalue weighted by Crippen LogP contribution is -2.60. The topological polar surface area (TPSA) is 343 Å². The van der Waals surface area contributed by atoms with E-state index >= 15 is 0 Å². The molecule has 1 aliphatic rings. The molecule has 2 aromatic rings.